The second-order valence-corrected chi connectivity index (χ2v) is 11.5. The molecule has 2 unspecified atom stereocenters. The van der Waals surface area contributed by atoms with E-state index in [4.69, 9.17) is 0 Å². The van der Waals surface area contributed by atoms with Crippen molar-refractivity contribution in [2.45, 2.75) is 194 Å². The lowest BCUT2D eigenvalue weighted by molar-refractivity contribution is -0.727. The van der Waals surface area contributed by atoms with E-state index in [2.05, 4.69) is 49.6 Å². The Hall–Kier alpha value is -0.790. The molecule has 2 atom stereocenters. The minimum absolute atomic E-state index is 0.623. The van der Waals surface area contributed by atoms with Gasteiger partial charge in [0, 0.05) is 0 Å². The monoisotopic (exact) mass is 490 g/mol. The van der Waals surface area contributed by atoms with Gasteiger partial charge in [0.25, 0.3) is 5.82 Å². The van der Waals surface area contributed by atoms with Gasteiger partial charge in [0.15, 0.2) is 0 Å². The van der Waals surface area contributed by atoms with Gasteiger partial charge in [-0.3, -0.25) is 0 Å². The molecule has 0 bridgehead atoms. The van der Waals surface area contributed by atoms with Crippen molar-refractivity contribution in [3.63, 3.8) is 0 Å². The van der Waals surface area contributed by atoms with Crippen molar-refractivity contribution in [2.75, 3.05) is 0 Å². The fourth-order valence-corrected chi connectivity index (χ4v) is 5.72. The Morgan fingerprint density at radius 2 is 0.914 bits per heavy atom. The molecule has 0 aliphatic carbocycles. The van der Waals surface area contributed by atoms with E-state index in [1.54, 1.807) is 0 Å². The Labute approximate surface area is 221 Å². The lowest BCUT2D eigenvalue weighted by Gasteiger charge is -2.17. The van der Waals surface area contributed by atoms with Gasteiger partial charge in [-0.2, -0.15) is 0 Å². The van der Waals surface area contributed by atoms with Crippen LogP contribution in [0, 0.1) is 0 Å². The lowest BCUT2D eigenvalue weighted by atomic mass is 9.93. The predicted molar refractivity (Wildman–Crippen MR) is 156 cm³/mol. The van der Waals surface area contributed by atoms with Crippen LogP contribution in [0.2, 0.25) is 0 Å². The van der Waals surface area contributed by atoms with Gasteiger partial charge < -0.3 is 0 Å². The smallest absolute Gasteiger partial charge is 0.247 e. The van der Waals surface area contributed by atoms with Crippen LogP contribution in [-0.2, 0) is 0 Å². The first-order valence-electron chi connectivity index (χ1n) is 16.3. The number of aromatic nitrogens is 2. The van der Waals surface area contributed by atoms with Crippen LogP contribution < -0.4 is 4.57 Å². The second kappa shape index (κ2) is 23.6. The fraction of sp³-hybridized carbons (Fsp3) is 0.909. The largest absolute Gasteiger partial charge is 0.257 e. The minimum atomic E-state index is 0.623. The summed E-state index contributed by atoms with van der Waals surface area (Å²) < 4.78 is 2.61. The molecule has 0 aliphatic rings. The molecule has 0 saturated carbocycles. The van der Waals surface area contributed by atoms with E-state index in [1.165, 1.54) is 160 Å². The van der Waals surface area contributed by atoms with Crippen LogP contribution in [0.15, 0.2) is 12.4 Å². The van der Waals surface area contributed by atoms with E-state index >= 15 is 0 Å². The van der Waals surface area contributed by atoms with Crippen LogP contribution in [0.4, 0.5) is 0 Å². The summed E-state index contributed by atoms with van der Waals surface area (Å²) in [4.78, 5) is 3.69. The molecule has 2 heteroatoms. The number of hydrogen-bond donors (Lipinski definition) is 1. The van der Waals surface area contributed by atoms with Gasteiger partial charge in [0.2, 0.25) is 0 Å². The number of nitrogens with one attached hydrogen (secondary N) is 1. The SMILES string of the molecule is CCCCCCCCCCCCCCC(C)[n+]1cc[nH]c1C(CCCCCC)CCCCCCC. The Morgan fingerprint density at radius 1 is 0.543 bits per heavy atom. The van der Waals surface area contributed by atoms with Gasteiger partial charge in [0.1, 0.15) is 12.4 Å². The van der Waals surface area contributed by atoms with Crippen LogP contribution in [0.25, 0.3) is 0 Å². The van der Waals surface area contributed by atoms with Gasteiger partial charge in [-0.1, -0.05) is 149 Å². The van der Waals surface area contributed by atoms with E-state index in [1.807, 2.05) is 0 Å². The van der Waals surface area contributed by atoms with Gasteiger partial charge in [0.05, 0.1) is 12.0 Å². The molecule has 0 fully saturated rings. The highest BCUT2D eigenvalue weighted by atomic mass is 15.1. The maximum absolute atomic E-state index is 3.69. The van der Waals surface area contributed by atoms with Crippen molar-refractivity contribution in [2.24, 2.45) is 0 Å². The molecule has 0 aliphatic heterocycles. The Balaban J connectivity index is 2.33. The first-order valence-corrected chi connectivity index (χ1v) is 16.3. The topological polar surface area (TPSA) is 19.7 Å². The molecule has 0 aromatic carbocycles. The summed E-state index contributed by atoms with van der Waals surface area (Å²) >= 11 is 0. The van der Waals surface area contributed by atoms with Crippen molar-refractivity contribution in [3.05, 3.63) is 18.2 Å². The molecule has 0 radical (unpaired) electrons. The zero-order valence-corrected chi connectivity index (χ0v) is 24.7. The normalized spacial score (nSPS) is 13.4. The molecule has 0 spiro atoms. The summed E-state index contributed by atoms with van der Waals surface area (Å²) in [6, 6.07) is 0.623. The zero-order chi connectivity index (χ0) is 25.4. The Bertz CT molecular complexity index is 549. The van der Waals surface area contributed by atoms with E-state index < -0.39 is 0 Å². The van der Waals surface area contributed by atoms with E-state index in [0.717, 1.165) is 0 Å². The molecular weight excluding hydrogens is 424 g/mol. The minimum Gasteiger partial charge on any atom is -0.247 e. The van der Waals surface area contributed by atoms with Crippen molar-refractivity contribution in [1.29, 1.82) is 0 Å². The number of unbranched alkanes of at least 4 members (excludes halogenated alkanes) is 18. The summed E-state index contributed by atoms with van der Waals surface area (Å²) in [6.45, 7) is 9.39. The van der Waals surface area contributed by atoms with Gasteiger partial charge in [-0.05, 0) is 32.6 Å². The average Bonchev–Trinajstić information content (AvgIpc) is 3.35. The van der Waals surface area contributed by atoms with Crippen LogP contribution in [0.3, 0.4) is 0 Å². The molecule has 0 saturated heterocycles. The highest BCUT2D eigenvalue weighted by Gasteiger charge is 2.25. The van der Waals surface area contributed by atoms with E-state index in [-0.39, 0.29) is 0 Å². The molecule has 35 heavy (non-hydrogen) atoms. The number of rotatable bonds is 26. The summed E-state index contributed by atoms with van der Waals surface area (Å²) in [5.74, 6) is 2.23. The molecule has 1 heterocycles. The quantitative estimate of drug-likeness (QED) is 0.0985. The summed E-state index contributed by atoms with van der Waals surface area (Å²) in [5.41, 5.74) is 0. The van der Waals surface area contributed by atoms with Crippen molar-refractivity contribution < 1.29 is 4.57 Å². The third kappa shape index (κ3) is 16.6. The van der Waals surface area contributed by atoms with Gasteiger partial charge in [-0.25, -0.2) is 9.55 Å². The van der Waals surface area contributed by atoms with Crippen molar-refractivity contribution in [1.82, 2.24) is 4.98 Å². The maximum atomic E-state index is 3.69. The lowest BCUT2D eigenvalue weighted by Crippen LogP contribution is -2.41. The first-order chi connectivity index (χ1) is 17.2. The van der Waals surface area contributed by atoms with Gasteiger partial charge >= 0.3 is 0 Å². The van der Waals surface area contributed by atoms with Crippen LogP contribution in [-0.4, -0.2) is 4.98 Å². The number of imidazole rings is 1. The molecule has 1 rings (SSSR count). The molecule has 1 aromatic heterocycles. The first kappa shape index (κ1) is 32.2. The number of H-pyrrole nitrogens is 1. The van der Waals surface area contributed by atoms with E-state index in [0.29, 0.717) is 12.0 Å². The molecular formula is C33H65N2+. The molecule has 2 nitrogen and oxygen atoms in total. The highest BCUT2D eigenvalue weighted by Crippen LogP contribution is 2.27. The number of nitrogens with zero attached hydrogens (tertiary/aromatic N) is 1. The van der Waals surface area contributed by atoms with Crippen LogP contribution >= 0.6 is 0 Å². The third-order valence-electron chi connectivity index (χ3n) is 8.14. The summed E-state index contributed by atoms with van der Waals surface area (Å²) in [7, 11) is 0. The van der Waals surface area contributed by atoms with E-state index in [9.17, 15) is 0 Å². The fourth-order valence-electron chi connectivity index (χ4n) is 5.72. The molecule has 1 N–H and O–H groups in total. The number of hydrogen-bond acceptors (Lipinski definition) is 0. The Kier molecular flexibility index (Phi) is 21.7. The maximum Gasteiger partial charge on any atom is 0.257 e. The predicted octanol–water partition coefficient (Wildman–Crippen LogP) is 11.4. The summed E-state index contributed by atoms with van der Waals surface area (Å²) in [6.07, 6.45) is 38.3. The van der Waals surface area contributed by atoms with Gasteiger partial charge in [-0.15, -0.1) is 0 Å². The Morgan fingerprint density at radius 3 is 1.37 bits per heavy atom. The third-order valence-corrected chi connectivity index (χ3v) is 8.14. The average molecular weight is 490 g/mol. The van der Waals surface area contributed by atoms with Crippen LogP contribution in [0.1, 0.15) is 200 Å². The molecule has 0 amide bonds. The molecule has 206 valence electrons. The highest BCUT2D eigenvalue weighted by molar-refractivity contribution is 4.90. The van der Waals surface area contributed by atoms with Crippen molar-refractivity contribution >= 4 is 0 Å². The second-order valence-electron chi connectivity index (χ2n) is 11.5. The summed E-state index contributed by atoms with van der Waals surface area (Å²) in [5, 5.41) is 0. The standard InChI is InChI=1S/C33H64N2/c1-5-8-11-14-15-16-17-18-19-20-22-23-26-31(4)35-30-29-34-33(35)32(27-24-13-10-7-3)28-25-21-12-9-6-2/h29-32H,5-28H2,1-4H3/p+1. The molecule has 1 aromatic rings. The number of aromatic amines is 1. The van der Waals surface area contributed by atoms with Crippen molar-refractivity contribution in [3.8, 4) is 0 Å². The zero-order valence-electron chi connectivity index (χ0n) is 24.7. The van der Waals surface area contributed by atoms with Crippen LogP contribution in [0.5, 0.6) is 0 Å².